The van der Waals surface area contributed by atoms with Crippen LogP contribution in [0.4, 0.5) is 0 Å². The van der Waals surface area contributed by atoms with E-state index in [-0.39, 0.29) is 25.5 Å². The first-order valence-electron chi connectivity index (χ1n) is 15.5. The molecule has 0 bridgehead atoms. The number of methoxy groups -OCH3 is 2. The molecule has 4 aromatic carbocycles. The van der Waals surface area contributed by atoms with Crippen molar-refractivity contribution in [3.05, 3.63) is 135 Å². The van der Waals surface area contributed by atoms with Gasteiger partial charge in [0.2, 0.25) is 5.90 Å². The molecule has 12 nitrogen and oxygen atoms in total. The van der Waals surface area contributed by atoms with Crippen molar-refractivity contribution < 1.29 is 28.8 Å². The van der Waals surface area contributed by atoms with Crippen LogP contribution in [0, 0.1) is 0 Å². The van der Waals surface area contributed by atoms with Gasteiger partial charge in [-0.2, -0.15) is 0 Å². The van der Waals surface area contributed by atoms with Gasteiger partial charge < -0.3 is 24.1 Å². The first-order valence-corrected chi connectivity index (χ1v) is 15.5. The summed E-state index contributed by atoms with van der Waals surface area (Å²) in [6.45, 7) is 0.789. The number of hydrazine groups is 1. The van der Waals surface area contributed by atoms with Gasteiger partial charge >= 0.3 is 0 Å². The van der Waals surface area contributed by atoms with Crippen LogP contribution in [-0.2, 0) is 29.0 Å². The summed E-state index contributed by atoms with van der Waals surface area (Å²) in [5.41, 5.74) is 17.4. The molecular formula is C36H38N6O6. The lowest BCUT2D eigenvalue weighted by Crippen LogP contribution is -2.53. The number of ether oxygens (including phenoxy) is 4. The third-order valence-corrected chi connectivity index (χ3v) is 7.93. The minimum atomic E-state index is -1.47. The monoisotopic (exact) mass is 650 g/mol. The molecule has 248 valence electrons. The Balaban J connectivity index is 1.53. The van der Waals surface area contributed by atoms with Crippen molar-refractivity contribution >= 4 is 11.8 Å². The van der Waals surface area contributed by atoms with Gasteiger partial charge in [0, 0.05) is 36.5 Å². The number of aliphatic imine (C=N–C) groups is 1. The molecule has 1 aliphatic rings. The number of hydrogen-bond acceptors (Lipinski definition) is 9. The predicted octanol–water partition coefficient (Wildman–Crippen LogP) is 5.60. The van der Waals surface area contributed by atoms with E-state index in [1.165, 1.54) is 0 Å². The summed E-state index contributed by atoms with van der Waals surface area (Å²) in [6.07, 6.45) is -0.142. The van der Waals surface area contributed by atoms with Gasteiger partial charge in [-0.1, -0.05) is 65.8 Å². The molecule has 3 N–H and O–H groups in total. The van der Waals surface area contributed by atoms with Crippen molar-refractivity contribution in [2.24, 2.45) is 10.1 Å². The Kier molecular flexibility index (Phi) is 11.5. The Labute approximate surface area is 278 Å². The number of aliphatic hydroxyl groups excluding tert-OH is 1. The first kappa shape index (κ1) is 33.8. The lowest BCUT2D eigenvalue weighted by Gasteiger charge is -2.31. The number of amides is 1. The number of rotatable bonds is 16. The maximum Gasteiger partial charge on any atom is 0.266 e. The highest BCUT2D eigenvalue weighted by Crippen LogP contribution is 2.43. The molecule has 0 fully saturated rings. The van der Waals surface area contributed by atoms with Gasteiger partial charge in [0.15, 0.2) is 23.1 Å². The minimum absolute atomic E-state index is 0.0416. The number of carbonyl (C=O) groups excluding carboxylic acids is 1. The van der Waals surface area contributed by atoms with Crippen LogP contribution in [0.15, 0.2) is 107 Å². The Morgan fingerprint density at radius 3 is 2.46 bits per heavy atom. The average Bonchev–Trinajstić information content (AvgIpc) is 3.51. The Bertz CT molecular complexity index is 1760. The van der Waals surface area contributed by atoms with Crippen LogP contribution in [0.3, 0.4) is 0 Å². The summed E-state index contributed by atoms with van der Waals surface area (Å²) in [7, 11) is 3.14. The molecule has 0 aromatic heterocycles. The Hall–Kier alpha value is -5.55. The number of nitrogens with zero attached hydrogens (tertiary/aromatic N) is 4. The Morgan fingerprint density at radius 2 is 1.73 bits per heavy atom. The molecule has 0 radical (unpaired) electrons. The van der Waals surface area contributed by atoms with Gasteiger partial charge in [-0.05, 0) is 64.2 Å². The van der Waals surface area contributed by atoms with Gasteiger partial charge in [0.05, 0.1) is 27.4 Å². The fraction of sp³-hybridized carbons (Fsp3) is 0.278. The van der Waals surface area contributed by atoms with E-state index >= 15 is 0 Å². The molecule has 0 saturated heterocycles. The Morgan fingerprint density at radius 1 is 0.979 bits per heavy atom. The van der Waals surface area contributed by atoms with Crippen molar-refractivity contribution in [2.75, 3.05) is 27.4 Å². The fourth-order valence-electron chi connectivity index (χ4n) is 5.53. The molecule has 48 heavy (non-hydrogen) atoms. The van der Waals surface area contributed by atoms with Gasteiger partial charge in [-0.25, -0.2) is 10.4 Å². The largest absolute Gasteiger partial charge is 0.494 e. The molecule has 0 unspecified atom stereocenters. The van der Waals surface area contributed by atoms with E-state index in [1.807, 2.05) is 78.9 Å². The van der Waals surface area contributed by atoms with Crippen LogP contribution in [0.5, 0.6) is 17.2 Å². The van der Waals surface area contributed by atoms with Crippen molar-refractivity contribution in [2.45, 2.75) is 37.6 Å². The predicted molar refractivity (Wildman–Crippen MR) is 181 cm³/mol. The van der Waals surface area contributed by atoms with E-state index in [1.54, 1.807) is 32.4 Å². The lowest BCUT2D eigenvalue weighted by molar-refractivity contribution is -0.130. The molecule has 12 heteroatoms. The van der Waals surface area contributed by atoms with Crippen LogP contribution >= 0.6 is 0 Å². The highest BCUT2D eigenvalue weighted by Gasteiger charge is 2.53. The van der Waals surface area contributed by atoms with Gasteiger partial charge in [-0.15, -0.1) is 0 Å². The number of carbonyl (C=O) groups is 1. The van der Waals surface area contributed by atoms with E-state index in [0.717, 1.165) is 11.1 Å². The third kappa shape index (κ3) is 7.87. The molecule has 1 heterocycles. The summed E-state index contributed by atoms with van der Waals surface area (Å²) in [5, 5.41) is 12.9. The van der Waals surface area contributed by atoms with Crippen LogP contribution in [0.25, 0.3) is 10.4 Å². The second-order valence-electron chi connectivity index (χ2n) is 11.0. The molecule has 4 aromatic rings. The number of azide groups is 1. The highest BCUT2D eigenvalue weighted by atomic mass is 16.5. The second kappa shape index (κ2) is 16.3. The molecule has 0 saturated carbocycles. The summed E-state index contributed by atoms with van der Waals surface area (Å²) in [4.78, 5) is 22.6. The summed E-state index contributed by atoms with van der Waals surface area (Å²) >= 11 is 0. The molecule has 0 spiro atoms. The van der Waals surface area contributed by atoms with Crippen LogP contribution in [0.1, 0.15) is 40.3 Å². The van der Waals surface area contributed by atoms with Crippen LogP contribution in [-0.4, -0.2) is 49.9 Å². The third-order valence-electron chi connectivity index (χ3n) is 7.93. The zero-order chi connectivity index (χ0) is 33.8. The number of nitrogens with one attached hydrogen (secondary N) is 2. The summed E-state index contributed by atoms with van der Waals surface area (Å²) in [6, 6.07) is 29.8. The highest BCUT2D eigenvalue weighted by molar-refractivity contribution is 6.01. The summed E-state index contributed by atoms with van der Waals surface area (Å²) < 4.78 is 23.1. The van der Waals surface area contributed by atoms with Crippen LogP contribution < -0.4 is 25.1 Å². The quantitative estimate of drug-likeness (QED) is 0.0468. The maximum atomic E-state index is 14.5. The zero-order valence-corrected chi connectivity index (χ0v) is 26.8. The van der Waals surface area contributed by atoms with Crippen molar-refractivity contribution in [3.63, 3.8) is 0 Å². The number of benzene rings is 4. The molecule has 5 rings (SSSR count). The summed E-state index contributed by atoms with van der Waals surface area (Å²) in [5.74, 6) is 1.68. The van der Waals surface area contributed by atoms with Crippen molar-refractivity contribution in [3.8, 4) is 17.2 Å². The smallest absolute Gasteiger partial charge is 0.266 e. The van der Waals surface area contributed by atoms with Gasteiger partial charge in [0.25, 0.3) is 5.91 Å². The normalized spacial score (nSPS) is 16.6. The molecule has 0 aliphatic carbocycles. The van der Waals surface area contributed by atoms with Gasteiger partial charge in [-0.3, -0.25) is 10.2 Å². The van der Waals surface area contributed by atoms with Crippen LogP contribution in [0.2, 0.25) is 0 Å². The van der Waals surface area contributed by atoms with Crippen molar-refractivity contribution in [1.82, 2.24) is 10.9 Å². The first-order chi connectivity index (χ1) is 23.5. The maximum absolute atomic E-state index is 14.5. The standard InChI is InChI=1S/C36H38N6O6/c1-45-31-18-13-26(21-32(31)46-2)23-38-41-35(44)36(22-25-9-4-3-5-10-25)33(30-12-7-6-11-28(30)24-39-42-37)48-34(40-36)27-14-16-29(17-15-27)47-20-8-19-43/h3-7,9-18,21,33,38,43H,8,19-20,22-24H2,1-2H3,(H,41,44)/t33-,36-/m0/s1. The van der Waals surface area contributed by atoms with E-state index in [2.05, 4.69) is 20.9 Å². The molecular weight excluding hydrogens is 612 g/mol. The molecule has 2 atom stereocenters. The second-order valence-corrected chi connectivity index (χ2v) is 11.0. The zero-order valence-electron chi connectivity index (χ0n) is 26.8. The fourth-order valence-corrected chi connectivity index (χ4v) is 5.53. The SMILES string of the molecule is COc1ccc(CNNC(=O)[C@@]2(Cc3ccccc3)N=C(c3ccc(OCCCO)cc3)O[C@H]2c2ccccc2CN=[N+]=[N-])cc1OC. The molecule has 1 aliphatic heterocycles. The molecule has 1 amide bonds. The van der Waals surface area contributed by atoms with E-state index in [4.69, 9.17) is 34.6 Å². The van der Waals surface area contributed by atoms with E-state index < -0.39 is 17.6 Å². The van der Waals surface area contributed by atoms with E-state index in [0.29, 0.717) is 53.5 Å². The topological polar surface area (TPSA) is 159 Å². The average molecular weight is 651 g/mol. The minimum Gasteiger partial charge on any atom is -0.494 e. The van der Waals surface area contributed by atoms with Crippen molar-refractivity contribution in [1.29, 1.82) is 0 Å². The number of aliphatic hydroxyl groups is 1. The van der Waals surface area contributed by atoms with Gasteiger partial charge in [0.1, 0.15) is 5.75 Å². The number of hydrogen-bond donors (Lipinski definition) is 3. The van der Waals surface area contributed by atoms with E-state index in [9.17, 15) is 4.79 Å². The lowest BCUT2D eigenvalue weighted by atomic mass is 9.81.